The second-order valence-corrected chi connectivity index (χ2v) is 13.5. The Hall–Kier alpha value is -1.66. The molecule has 4 rings (SSSR count). The molecule has 0 aromatic rings. The van der Waals surface area contributed by atoms with Crippen molar-refractivity contribution in [2.24, 2.45) is 39.9 Å². The molecular formula is C31H48O6. The number of hydrogen-bond donors (Lipinski definition) is 2. The Morgan fingerprint density at radius 3 is 2.43 bits per heavy atom. The van der Waals surface area contributed by atoms with E-state index in [0.29, 0.717) is 49.6 Å². The fourth-order valence-corrected chi connectivity index (χ4v) is 9.99. The molecule has 10 atom stereocenters. The first-order valence-electron chi connectivity index (χ1n) is 14.2. The summed E-state index contributed by atoms with van der Waals surface area (Å²) >= 11 is 0. The summed E-state index contributed by atoms with van der Waals surface area (Å²) in [6, 6.07) is 0. The number of fused-ring (bicyclic) bond motifs is 5. The predicted octanol–water partition coefficient (Wildman–Crippen LogP) is 5.93. The average molecular weight is 517 g/mol. The van der Waals surface area contributed by atoms with Gasteiger partial charge in [-0.3, -0.25) is 4.79 Å². The largest absolute Gasteiger partial charge is 0.478 e. The Morgan fingerprint density at radius 1 is 1.14 bits per heavy atom. The molecule has 4 aliphatic carbocycles. The van der Waals surface area contributed by atoms with E-state index >= 15 is 0 Å². The lowest BCUT2D eigenvalue weighted by atomic mass is 9.36. The Morgan fingerprint density at radius 2 is 1.84 bits per heavy atom. The summed E-state index contributed by atoms with van der Waals surface area (Å²) in [4.78, 5) is 24.2. The van der Waals surface area contributed by atoms with Crippen molar-refractivity contribution in [3.8, 4) is 0 Å². The van der Waals surface area contributed by atoms with E-state index in [2.05, 4.69) is 33.8 Å². The molecular weight excluding hydrogens is 468 g/mol. The number of methoxy groups -OCH3 is 1. The predicted molar refractivity (Wildman–Crippen MR) is 143 cm³/mol. The molecule has 0 bridgehead atoms. The minimum atomic E-state index is -0.940. The van der Waals surface area contributed by atoms with Gasteiger partial charge in [0.25, 0.3) is 6.47 Å². The van der Waals surface area contributed by atoms with Crippen LogP contribution in [0.1, 0.15) is 92.9 Å². The molecule has 208 valence electrons. The number of carbonyl (C=O) groups is 2. The van der Waals surface area contributed by atoms with Gasteiger partial charge in [0.05, 0.1) is 12.2 Å². The minimum absolute atomic E-state index is 0.0125. The standard InChI is InChI=1S/C31H48O6/c1-18(2)9-8-10-20(28(34)35)26-22-15-23(33)27-29(4)13-12-24(36-7)19(3)21(29)11-14-30(27,5)31(22,6)16-25(26)37-17-32/h9,17,19,21-25,27,33H,8,10-16H2,1-7H3,(H,34,35)/b26-20-. The molecule has 0 aliphatic heterocycles. The van der Waals surface area contributed by atoms with Crippen molar-refractivity contribution in [3.05, 3.63) is 22.8 Å². The van der Waals surface area contributed by atoms with Crippen LogP contribution >= 0.6 is 0 Å². The molecule has 0 spiro atoms. The zero-order valence-electron chi connectivity index (χ0n) is 23.9. The van der Waals surface area contributed by atoms with Crippen molar-refractivity contribution in [2.75, 3.05) is 7.11 Å². The second-order valence-electron chi connectivity index (χ2n) is 13.5. The van der Waals surface area contributed by atoms with E-state index in [1.807, 2.05) is 21.0 Å². The summed E-state index contributed by atoms with van der Waals surface area (Å²) in [6.45, 7) is 13.8. The first-order valence-corrected chi connectivity index (χ1v) is 14.2. The minimum Gasteiger partial charge on any atom is -0.478 e. The molecule has 0 radical (unpaired) electrons. The van der Waals surface area contributed by atoms with Crippen molar-refractivity contribution in [2.45, 2.75) is 111 Å². The molecule has 0 saturated heterocycles. The normalized spacial score (nSPS) is 46.2. The SMILES string of the molecule is COC1CCC2(C)C(CCC3(C)C2C(O)CC2/C(=C(\CCC=C(C)C)C(=O)O)C(OC=O)CC23C)C1C. The average Bonchev–Trinajstić information content (AvgIpc) is 3.09. The van der Waals surface area contributed by atoms with E-state index in [4.69, 9.17) is 9.47 Å². The number of hydrogen-bond acceptors (Lipinski definition) is 5. The lowest BCUT2D eigenvalue weighted by molar-refractivity contribution is -0.235. The zero-order valence-corrected chi connectivity index (χ0v) is 23.9. The second kappa shape index (κ2) is 10.1. The lowest BCUT2D eigenvalue weighted by Crippen LogP contribution is -2.65. The Labute approximate surface area is 222 Å². The van der Waals surface area contributed by atoms with E-state index in [1.54, 1.807) is 0 Å². The molecule has 0 heterocycles. The number of allylic oxidation sites excluding steroid dienone is 2. The zero-order chi connectivity index (χ0) is 27.3. The van der Waals surface area contributed by atoms with Gasteiger partial charge in [0.15, 0.2) is 0 Å². The van der Waals surface area contributed by atoms with Crippen molar-refractivity contribution < 1.29 is 29.3 Å². The van der Waals surface area contributed by atoms with Crippen LogP contribution in [0.25, 0.3) is 0 Å². The summed E-state index contributed by atoms with van der Waals surface area (Å²) < 4.78 is 11.5. The van der Waals surface area contributed by atoms with Crippen molar-refractivity contribution in [1.82, 2.24) is 0 Å². The molecule has 0 aromatic heterocycles. The highest BCUT2D eigenvalue weighted by Gasteiger charge is 2.70. The maximum Gasteiger partial charge on any atom is 0.331 e. The van der Waals surface area contributed by atoms with Crippen LogP contribution in [0.15, 0.2) is 22.8 Å². The molecule has 4 saturated carbocycles. The molecule has 2 N–H and O–H groups in total. The number of aliphatic hydroxyl groups excluding tert-OH is 1. The van der Waals surface area contributed by atoms with E-state index in [9.17, 15) is 19.8 Å². The number of carbonyl (C=O) groups excluding carboxylic acids is 1. The van der Waals surface area contributed by atoms with Crippen LogP contribution in [-0.4, -0.2) is 48.1 Å². The topological polar surface area (TPSA) is 93.1 Å². The van der Waals surface area contributed by atoms with Crippen LogP contribution in [0.3, 0.4) is 0 Å². The van der Waals surface area contributed by atoms with E-state index in [1.165, 1.54) is 0 Å². The highest BCUT2D eigenvalue weighted by molar-refractivity contribution is 5.88. The van der Waals surface area contributed by atoms with Gasteiger partial charge in [-0.2, -0.15) is 0 Å². The molecule has 0 aromatic carbocycles. The van der Waals surface area contributed by atoms with Crippen LogP contribution in [0.5, 0.6) is 0 Å². The maximum absolute atomic E-state index is 12.6. The number of carboxylic acid groups (broad SMARTS) is 1. The molecule has 10 unspecified atom stereocenters. The molecule has 6 heteroatoms. The highest BCUT2D eigenvalue weighted by Crippen LogP contribution is 2.74. The number of carboxylic acids is 1. The first kappa shape index (κ1) is 28.4. The van der Waals surface area contributed by atoms with Crippen LogP contribution in [-0.2, 0) is 19.1 Å². The first-order chi connectivity index (χ1) is 17.4. The third kappa shape index (κ3) is 4.30. The third-order valence-corrected chi connectivity index (χ3v) is 11.8. The van der Waals surface area contributed by atoms with Gasteiger partial charge in [-0.1, -0.05) is 39.3 Å². The summed E-state index contributed by atoms with van der Waals surface area (Å²) in [5, 5.41) is 22.2. The summed E-state index contributed by atoms with van der Waals surface area (Å²) in [5.74, 6) is -0.0408. The summed E-state index contributed by atoms with van der Waals surface area (Å²) in [7, 11) is 1.81. The quantitative estimate of drug-likeness (QED) is 0.247. The molecule has 4 aliphatic rings. The van der Waals surface area contributed by atoms with Gasteiger partial charge in [0, 0.05) is 12.7 Å². The van der Waals surface area contributed by atoms with Gasteiger partial charge < -0.3 is 19.7 Å². The fraction of sp³-hybridized carbons (Fsp3) is 0.806. The Kier molecular flexibility index (Phi) is 7.77. The van der Waals surface area contributed by atoms with Gasteiger partial charge >= 0.3 is 5.97 Å². The van der Waals surface area contributed by atoms with E-state index < -0.39 is 18.2 Å². The number of aliphatic carboxylic acids is 1. The van der Waals surface area contributed by atoms with Gasteiger partial charge in [0.2, 0.25) is 0 Å². The van der Waals surface area contributed by atoms with Gasteiger partial charge in [-0.05, 0) is 111 Å². The highest BCUT2D eigenvalue weighted by atomic mass is 16.5. The van der Waals surface area contributed by atoms with Crippen molar-refractivity contribution in [1.29, 1.82) is 0 Å². The number of ether oxygens (including phenoxy) is 2. The number of rotatable bonds is 7. The molecule has 0 amide bonds. The van der Waals surface area contributed by atoms with Gasteiger partial charge in [0.1, 0.15) is 6.10 Å². The lowest BCUT2D eigenvalue weighted by Gasteiger charge is -2.69. The Balaban J connectivity index is 1.79. The smallest absolute Gasteiger partial charge is 0.331 e. The van der Waals surface area contributed by atoms with Gasteiger partial charge in [-0.15, -0.1) is 0 Å². The van der Waals surface area contributed by atoms with Crippen LogP contribution in [0.4, 0.5) is 0 Å². The third-order valence-electron chi connectivity index (χ3n) is 11.8. The van der Waals surface area contributed by atoms with Crippen molar-refractivity contribution >= 4 is 12.4 Å². The number of aliphatic hydroxyl groups is 1. The summed E-state index contributed by atoms with van der Waals surface area (Å²) in [6.07, 6.45) is 7.47. The van der Waals surface area contributed by atoms with Gasteiger partial charge in [-0.25, -0.2) is 4.79 Å². The Bertz CT molecular complexity index is 965. The summed E-state index contributed by atoms with van der Waals surface area (Å²) in [5.41, 5.74) is 1.77. The fourth-order valence-electron chi connectivity index (χ4n) is 9.99. The molecule has 37 heavy (non-hydrogen) atoms. The maximum atomic E-state index is 12.6. The molecule has 6 nitrogen and oxygen atoms in total. The van der Waals surface area contributed by atoms with Crippen molar-refractivity contribution in [3.63, 3.8) is 0 Å². The van der Waals surface area contributed by atoms with Crippen LogP contribution < -0.4 is 0 Å². The molecule has 4 fully saturated rings. The monoisotopic (exact) mass is 516 g/mol. The van der Waals surface area contributed by atoms with E-state index in [0.717, 1.165) is 36.8 Å². The van der Waals surface area contributed by atoms with Crippen LogP contribution in [0, 0.1) is 39.9 Å². The van der Waals surface area contributed by atoms with Crippen LogP contribution in [0.2, 0.25) is 0 Å². The van der Waals surface area contributed by atoms with E-state index in [-0.39, 0.29) is 34.2 Å².